The summed E-state index contributed by atoms with van der Waals surface area (Å²) in [6.45, 7) is 0. The van der Waals surface area contributed by atoms with E-state index in [0.29, 0.717) is 5.56 Å². The first kappa shape index (κ1) is 9.86. The van der Waals surface area contributed by atoms with Gasteiger partial charge in [-0.25, -0.2) is 4.98 Å². The number of carbonyl (C=O) groups excluding carboxylic acids is 1. The third-order valence-corrected chi connectivity index (χ3v) is 2.72. The molecule has 1 aromatic heterocycles. The predicted octanol–water partition coefficient (Wildman–Crippen LogP) is 1.83. The normalized spacial score (nSPS) is 10.1. The van der Waals surface area contributed by atoms with Crippen molar-refractivity contribution in [2.45, 2.75) is 6.42 Å². The molecule has 0 aliphatic carbocycles. The van der Waals surface area contributed by atoms with Crippen LogP contribution in [0.3, 0.4) is 0 Å². The number of hydrogen-bond acceptors (Lipinski definition) is 3. The number of nitrogens with two attached hydrogens (primary N) is 1. The van der Waals surface area contributed by atoms with Crippen molar-refractivity contribution in [1.29, 1.82) is 0 Å². The summed E-state index contributed by atoms with van der Waals surface area (Å²) in [6, 6.07) is 7.32. The van der Waals surface area contributed by atoms with Gasteiger partial charge in [-0.15, -0.1) is 11.3 Å². The van der Waals surface area contributed by atoms with Crippen LogP contribution in [0.15, 0.2) is 35.2 Å². The van der Waals surface area contributed by atoms with Gasteiger partial charge in [0.25, 0.3) is 0 Å². The highest BCUT2D eigenvalue weighted by atomic mass is 32.1. The third-order valence-electron chi connectivity index (χ3n) is 2.08. The molecule has 0 aliphatic rings. The first-order valence-electron chi connectivity index (χ1n) is 4.51. The minimum atomic E-state index is -0.393. The van der Waals surface area contributed by atoms with Crippen LogP contribution in [-0.2, 0) is 6.42 Å². The maximum absolute atomic E-state index is 11.0. The van der Waals surface area contributed by atoms with Crippen molar-refractivity contribution < 1.29 is 4.79 Å². The van der Waals surface area contributed by atoms with Crippen LogP contribution in [0.1, 0.15) is 21.6 Å². The van der Waals surface area contributed by atoms with E-state index in [9.17, 15) is 4.79 Å². The van der Waals surface area contributed by atoms with Crippen molar-refractivity contribution in [3.8, 4) is 0 Å². The van der Waals surface area contributed by atoms with Crippen LogP contribution in [0.4, 0.5) is 0 Å². The summed E-state index contributed by atoms with van der Waals surface area (Å²) in [7, 11) is 0. The van der Waals surface area contributed by atoms with Gasteiger partial charge in [-0.2, -0.15) is 0 Å². The first-order valence-corrected chi connectivity index (χ1v) is 5.46. The Labute approximate surface area is 91.6 Å². The molecule has 0 unspecified atom stereocenters. The number of aromatic nitrogens is 1. The Balaban J connectivity index is 2.22. The lowest BCUT2D eigenvalue weighted by Crippen LogP contribution is -2.11. The van der Waals surface area contributed by atoms with Gasteiger partial charge in [-0.3, -0.25) is 4.79 Å². The Morgan fingerprint density at radius 3 is 3.00 bits per heavy atom. The van der Waals surface area contributed by atoms with Crippen molar-refractivity contribution in [1.82, 2.24) is 4.98 Å². The molecule has 76 valence electrons. The van der Waals surface area contributed by atoms with Crippen LogP contribution in [0.5, 0.6) is 0 Å². The molecule has 0 radical (unpaired) electrons. The standard InChI is InChI=1S/C11H10N2OS/c12-11(14)9-3-1-2-8(4-9)5-10-6-15-7-13-10/h1-4,6-7H,5H2,(H2,12,14). The molecule has 15 heavy (non-hydrogen) atoms. The van der Waals surface area contributed by atoms with Gasteiger partial charge in [0.1, 0.15) is 0 Å². The summed E-state index contributed by atoms with van der Waals surface area (Å²) >= 11 is 1.57. The number of thiazole rings is 1. The Bertz CT molecular complexity index is 465. The SMILES string of the molecule is NC(=O)c1cccc(Cc2cscn2)c1. The Hall–Kier alpha value is -1.68. The van der Waals surface area contributed by atoms with Gasteiger partial charge < -0.3 is 5.73 Å². The van der Waals surface area contributed by atoms with E-state index in [1.165, 1.54) is 0 Å². The lowest BCUT2D eigenvalue weighted by molar-refractivity contribution is 0.1000. The molecule has 1 heterocycles. The monoisotopic (exact) mass is 218 g/mol. The van der Waals surface area contributed by atoms with Crippen molar-refractivity contribution >= 4 is 17.2 Å². The number of amides is 1. The fraction of sp³-hybridized carbons (Fsp3) is 0.0909. The average Bonchev–Trinajstić information content (AvgIpc) is 2.71. The van der Waals surface area contributed by atoms with Crippen molar-refractivity contribution in [2.75, 3.05) is 0 Å². The van der Waals surface area contributed by atoms with E-state index in [1.807, 2.05) is 23.6 Å². The highest BCUT2D eigenvalue weighted by molar-refractivity contribution is 7.07. The van der Waals surface area contributed by atoms with Crippen molar-refractivity contribution in [3.05, 3.63) is 52.0 Å². The molecule has 2 aromatic rings. The molecule has 0 aliphatic heterocycles. The van der Waals surface area contributed by atoms with Crippen LogP contribution < -0.4 is 5.73 Å². The maximum Gasteiger partial charge on any atom is 0.248 e. The van der Waals surface area contributed by atoms with Crippen LogP contribution in [0.2, 0.25) is 0 Å². The smallest absolute Gasteiger partial charge is 0.248 e. The van der Waals surface area contributed by atoms with Gasteiger partial charge in [0.15, 0.2) is 0 Å². The zero-order valence-corrected chi connectivity index (χ0v) is 8.83. The Morgan fingerprint density at radius 2 is 2.33 bits per heavy atom. The number of primary amides is 1. The Morgan fingerprint density at radius 1 is 1.47 bits per heavy atom. The molecule has 0 saturated heterocycles. The van der Waals surface area contributed by atoms with Gasteiger partial charge in [0.2, 0.25) is 5.91 Å². The molecule has 2 N–H and O–H groups in total. The number of nitrogens with zero attached hydrogens (tertiary/aromatic N) is 1. The summed E-state index contributed by atoms with van der Waals surface area (Å²) in [5.41, 5.74) is 9.61. The molecule has 4 heteroatoms. The van der Waals surface area contributed by atoms with E-state index in [-0.39, 0.29) is 0 Å². The predicted molar refractivity (Wildman–Crippen MR) is 59.9 cm³/mol. The minimum Gasteiger partial charge on any atom is -0.366 e. The van der Waals surface area contributed by atoms with E-state index in [4.69, 9.17) is 5.73 Å². The number of benzene rings is 1. The second-order valence-electron chi connectivity index (χ2n) is 3.22. The lowest BCUT2D eigenvalue weighted by Gasteiger charge is -2.00. The van der Waals surface area contributed by atoms with Crippen LogP contribution in [0, 0.1) is 0 Å². The van der Waals surface area contributed by atoms with E-state index in [2.05, 4.69) is 4.98 Å². The quantitative estimate of drug-likeness (QED) is 0.854. The highest BCUT2D eigenvalue weighted by Gasteiger charge is 2.02. The number of rotatable bonds is 3. The van der Waals surface area contributed by atoms with Crippen molar-refractivity contribution in [3.63, 3.8) is 0 Å². The topological polar surface area (TPSA) is 56.0 Å². The van der Waals surface area contributed by atoms with Gasteiger partial charge in [0, 0.05) is 17.4 Å². The van der Waals surface area contributed by atoms with Crippen LogP contribution >= 0.6 is 11.3 Å². The zero-order valence-electron chi connectivity index (χ0n) is 8.01. The van der Waals surface area contributed by atoms with Gasteiger partial charge in [-0.1, -0.05) is 12.1 Å². The summed E-state index contributed by atoms with van der Waals surface area (Å²) in [6.07, 6.45) is 0.741. The van der Waals surface area contributed by atoms with E-state index < -0.39 is 5.91 Å². The third kappa shape index (κ3) is 2.41. The van der Waals surface area contributed by atoms with Gasteiger partial charge in [-0.05, 0) is 17.7 Å². The Kier molecular flexibility index (Phi) is 2.78. The molecular formula is C11H10N2OS. The van der Waals surface area contributed by atoms with Gasteiger partial charge >= 0.3 is 0 Å². The number of hydrogen-bond donors (Lipinski definition) is 1. The van der Waals surface area contributed by atoms with E-state index in [1.54, 1.807) is 22.9 Å². The fourth-order valence-corrected chi connectivity index (χ4v) is 1.93. The van der Waals surface area contributed by atoms with Crippen molar-refractivity contribution in [2.24, 2.45) is 5.73 Å². The number of carbonyl (C=O) groups is 1. The minimum absolute atomic E-state index is 0.393. The highest BCUT2D eigenvalue weighted by Crippen LogP contribution is 2.11. The van der Waals surface area contributed by atoms with Gasteiger partial charge in [0.05, 0.1) is 11.2 Å². The summed E-state index contributed by atoms with van der Waals surface area (Å²) in [5.74, 6) is -0.393. The molecule has 1 aromatic carbocycles. The van der Waals surface area contributed by atoms with E-state index >= 15 is 0 Å². The average molecular weight is 218 g/mol. The summed E-state index contributed by atoms with van der Waals surface area (Å²) < 4.78 is 0. The molecular weight excluding hydrogens is 208 g/mol. The fourth-order valence-electron chi connectivity index (χ4n) is 1.37. The van der Waals surface area contributed by atoms with Crippen LogP contribution in [0.25, 0.3) is 0 Å². The second-order valence-corrected chi connectivity index (χ2v) is 3.94. The van der Waals surface area contributed by atoms with Crippen LogP contribution in [-0.4, -0.2) is 10.9 Å². The molecule has 2 rings (SSSR count). The molecule has 0 bridgehead atoms. The molecule has 3 nitrogen and oxygen atoms in total. The molecule has 1 amide bonds. The van der Waals surface area contributed by atoms with E-state index in [0.717, 1.165) is 17.7 Å². The zero-order chi connectivity index (χ0) is 10.7. The molecule has 0 atom stereocenters. The summed E-state index contributed by atoms with van der Waals surface area (Å²) in [5, 5.41) is 2.00. The molecule has 0 spiro atoms. The molecule has 0 fully saturated rings. The largest absolute Gasteiger partial charge is 0.366 e. The second kappa shape index (κ2) is 4.23. The maximum atomic E-state index is 11.0. The first-order chi connectivity index (χ1) is 7.25. The summed E-state index contributed by atoms with van der Waals surface area (Å²) in [4.78, 5) is 15.2. The lowest BCUT2D eigenvalue weighted by atomic mass is 10.1. The molecule has 0 saturated carbocycles.